The summed E-state index contributed by atoms with van der Waals surface area (Å²) in [5.41, 5.74) is 7.27. The summed E-state index contributed by atoms with van der Waals surface area (Å²) in [6.45, 7) is 2.47. The second kappa shape index (κ2) is 11.3. The van der Waals surface area contributed by atoms with Gasteiger partial charge >= 0.3 is 6.09 Å². The molecular weight excluding hydrogens is 470 g/mol. The lowest BCUT2D eigenvalue weighted by Gasteiger charge is -2.19. The summed E-state index contributed by atoms with van der Waals surface area (Å²) in [6.07, 6.45) is -0.563. The van der Waals surface area contributed by atoms with Crippen molar-refractivity contribution in [1.82, 2.24) is 5.32 Å². The van der Waals surface area contributed by atoms with Gasteiger partial charge in [-0.05, 0) is 43.7 Å². The number of ether oxygens (including phenoxy) is 1. The van der Waals surface area contributed by atoms with Gasteiger partial charge in [0, 0.05) is 18.8 Å². The predicted molar refractivity (Wildman–Crippen MR) is 128 cm³/mol. The van der Waals surface area contributed by atoms with E-state index in [1.165, 1.54) is 4.90 Å². The molecule has 10 nitrogen and oxygen atoms in total. The molecule has 1 fully saturated rings. The number of aliphatic hydroxyl groups is 1. The minimum Gasteiger partial charge on any atom is -0.442 e. The fourth-order valence-corrected chi connectivity index (χ4v) is 4.03. The van der Waals surface area contributed by atoms with Crippen molar-refractivity contribution in [3.63, 3.8) is 0 Å². The summed E-state index contributed by atoms with van der Waals surface area (Å²) in [6, 6.07) is 7.65. The lowest BCUT2D eigenvalue weighted by Crippen LogP contribution is -2.34. The summed E-state index contributed by atoms with van der Waals surface area (Å²) in [7, 11) is 0. The molecule has 2 unspecified atom stereocenters. The number of carbonyl (C=O) groups is 3. The second-order valence-electron chi connectivity index (χ2n) is 7.44. The largest absolute Gasteiger partial charge is 0.442 e. The number of nitrogens with one attached hydrogen (secondary N) is 3. The van der Waals surface area contributed by atoms with Crippen molar-refractivity contribution in [3.05, 3.63) is 39.5 Å². The number of halogens is 1. The van der Waals surface area contributed by atoms with Crippen LogP contribution >= 0.6 is 22.9 Å². The third-order valence-corrected chi connectivity index (χ3v) is 6.03. The predicted octanol–water partition coefficient (Wildman–Crippen LogP) is 2.24. The summed E-state index contributed by atoms with van der Waals surface area (Å²) < 4.78 is 5.90. The standard InChI is InChI=1S/C21H26ClN5O5S/c1-12(23)19(29)26-16-9-13(3-4-15(16)24-7-2-8-28)27-11-14(32-21(27)31)10-25-20(30)17-5-6-18(22)33-17/h3-6,9,12,14,24,28H,2,7-8,10-11,23H2,1H3,(H,25,30)(H,26,29). The number of carbonyl (C=O) groups excluding carboxylic acids is 3. The number of amides is 3. The van der Waals surface area contributed by atoms with Crippen LogP contribution in [0.1, 0.15) is 23.0 Å². The van der Waals surface area contributed by atoms with Crippen LogP contribution in [0.25, 0.3) is 0 Å². The van der Waals surface area contributed by atoms with Crippen LogP contribution in [0.4, 0.5) is 21.9 Å². The van der Waals surface area contributed by atoms with Gasteiger partial charge < -0.3 is 31.5 Å². The quantitative estimate of drug-likeness (QED) is 0.318. The highest BCUT2D eigenvalue weighted by Gasteiger charge is 2.33. The summed E-state index contributed by atoms with van der Waals surface area (Å²) in [5, 5.41) is 17.6. The van der Waals surface area contributed by atoms with Crippen LogP contribution in [0.3, 0.4) is 0 Å². The van der Waals surface area contributed by atoms with Crippen molar-refractivity contribution in [3.8, 4) is 0 Å². The van der Waals surface area contributed by atoms with Gasteiger partial charge in [-0.1, -0.05) is 11.6 Å². The van der Waals surface area contributed by atoms with Crippen molar-refractivity contribution in [1.29, 1.82) is 0 Å². The van der Waals surface area contributed by atoms with Gasteiger partial charge in [-0.3, -0.25) is 14.5 Å². The number of nitrogens with two attached hydrogens (primary N) is 1. The Kier molecular flexibility index (Phi) is 8.50. The topological polar surface area (TPSA) is 146 Å². The number of anilines is 3. The van der Waals surface area contributed by atoms with Crippen LogP contribution in [0.5, 0.6) is 0 Å². The average Bonchev–Trinajstić information content (AvgIpc) is 3.38. The number of aliphatic hydroxyl groups excluding tert-OH is 1. The molecule has 178 valence electrons. The number of hydrogen-bond acceptors (Lipinski definition) is 8. The van der Waals surface area contributed by atoms with Crippen molar-refractivity contribution >= 4 is 57.9 Å². The maximum atomic E-state index is 12.5. The molecule has 6 N–H and O–H groups in total. The summed E-state index contributed by atoms with van der Waals surface area (Å²) in [5.74, 6) is -0.670. The highest BCUT2D eigenvalue weighted by atomic mass is 35.5. The lowest BCUT2D eigenvalue weighted by molar-refractivity contribution is -0.117. The number of hydrogen-bond donors (Lipinski definition) is 5. The molecule has 0 spiro atoms. The van der Waals surface area contributed by atoms with Gasteiger partial charge in [0.2, 0.25) is 5.91 Å². The van der Waals surface area contributed by atoms with Gasteiger partial charge in [-0.2, -0.15) is 0 Å². The minimum absolute atomic E-state index is 0.0314. The van der Waals surface area contributed by atoms with Crippen LogP contribution in [0, 0.1) is 0 Å². The van der Waals surface area contributed by atoms with Crippen LogP contribution in [0.15, 0.2) is 30.3 Å². The molecule has 0 bridgehead atoms. The molecule has 2 heterocycles. The fraction of sp³-hybridized carbons (Fsp3) is 0.381. The van der Waals surface area contributed by atoms with E-state index in [4.69, 9.17) is 27.2 Å². The smallest absolute Gasteiger partial charge is 0.414 e. The van der Waals surface area contributed by atoms with Crippen LogP contribution in [0.2, 0.25) is 4.34 Å². The minimum atomic E-state index is -0.720. The molecule has 2 aromatic rings. The van der Waals surface area contributed by atoms with E-state index < -0.39 is 18.2 Å². The van der Waals surface area contributed by atoms with Gasteiger partial charge in [0.25, 0.3) is 5.91 Å². The van der Waals surface area contributed by atoms with Crippen LogP contribution < -0.4 is 26.6 Å². The Morgan fingerprint density at radius 3 is 2.79 bits per heavy atom. The lowest BCUT2D eigenvalue weighted by atomic mass is 10.2. The van der Waals surface area contributed by atoms with Crippen LogP contribution in [-0.4, -0.2) is 61.4 Å². The SMILES string of the molecule is CC(N)C(=O)Nc1cc(N2CC(CNC(=O)c3ccc(Cl)s3)OC2=O)ccc1NCCCO. The molecule has 1 aromatic heterocycles. The Labute approximate surface area is 200 Å². The van der Waals surface area contributed by atoms with Gasteiger partial charge in [0.05, 0.1) is 39.7 Å². The number of cyclic esters (lactones) is 1. The van der Waals surface area contributed by atoms with E-state index >= 15 is 0 Å². The monoisotopic (exact) mass is 495 g/mol. The second-order valence-corrected chi connectivity index (χ2v) is 9.16. The molecule has 1 aliphatic heterocycles. The molecule has 0 aliphatic carbocycles. The summed E-state index contributed by atoms with van der Waals surface area (Å²) >= 11 is 7.02. The van der Waals surface area contributed by atoms with E-state index in [9.17, 15) is 14.4 Å². The van der Waals surface area contributed by atoms with Gasteiger partial charge in [0.15, 0.2) is 0 Å². The Morgan fingerprint density at radius 2 is 2.12 bits per heavy atom. The Bertz CT molecular complexity index is 1010. The Morgan fingerprint density at radius 1 is 1.33 bits per heavy atom. The number of nitrogens with zero attached hydrogens (tertiary/aromatic N) is 1. The normalized spacial score (nSPS) is 16.3. The van der Waals surface area contributed by atoms with E-state index in [-0.39, 0.29) is 31.5 Å². The van der Waals surface area contributed by atoms with Crippen molar-refractivity contribution in [2.45, 2.75) is 25.5 Å². The van der Waals surface area contributed by atoms with Gasteiger partial charge in [0.1, 0.15) is 6.10 Å². The zero-order valence-electron chi connectivity index (χ0n) is 18.0. The first-order valence-corrected chi connectivity index (χ1v) is 11.5. The molecule has 3 amide bonds. The number of rotatable bonds is 10. The molecule has 12 heteroatoms. The zero-order chi connectivity index (χ0) is 24.0. The fourth-order valence-electron chi connectivity index (χ4n) is 3.08. The molecule has 2 atom stereocenters. The van der Waals surface area contributed by atoms with Crippen molar-refractivity contribution < 1.29 is 24.2 Å². The van der Waals surface area contributed by atoms with Gasteiger partial charge in [-0.25, -0.2) is 4.79 Å². The molecule has 0 saturated carbocycles. The highest BCUT2D eigenvalue weighted by Crippen LogP contribution is 2.30. The van der Waals surface area contributed by atoms with E-state index in [1.807, 2.05) is 0 Å². The summed E-state index contributed by atoms with van der Waals surface area (Å²) in [4.78, 5) is 38.7. The van der Waals surface area contributed by atoms with E-state index in [2.05, 4.69) is 16.0 Å². The molecule has 33 heavy (non-hydrogen) atoms. The third-order valence-electron chi connectivity index (χ3n) is 4.80. The van der Waals surface area contributed by atoms with Crippen molar-refractivity contribution in [2.24, 2.45) is 5.73 Å². The van der Waals surface area contributed by atoms with Gasteiger partial charge in [-0.15, -0.1) is 11.3 Å². The number of thiophene rings is 1. The third kappa shape index (κ3) is 6.57. The number of benzene rings is 1. The molecule has 1 saturated heterocycles. The molecule has 0 radical (unpaired) electrons. The van der Waals surface area contributed by atoms with E-state index in [0.29, 0.717) is 39.2 Å². The van der Waals surface area contributed by atoms with Crippen molar-refractivity contribution in [2.75, 3.05) is 41.8 Å². The molecular formula is C21H26ClN5O5S. The first kappa shape index (κ1) is 24.8. The van der Waals surface area contributed by atoms with E-state index in [1.54, 1.807) is 37.3 Å². The average molecular weight is 496 g/mol. The Balaban J connectivity index is 1.68. The molecule has 3 rings (SSSR count). The zero-order valence-corrected chi connectivity index (χ0v) is 19.5. The maximum Gasteiger partial charge on any atom is 0.414 e. The first-order chi connectivity index (χ1) is 15.8. The van der Waals surface area contributed by atoms with Crippen LogP contribution in [-0.2, 0) is 9.53 Å². The van der Waals surface area contributed by atoms with E-state index in [0.717, 1.165) is 11.3 Å². The molecule has 1 aromatic carbocycles. The molecule has 1 aliphatic rings. The first-order valence-electron chi connectivity index (χ1n) is 10.4. The Hall–Kier alpha value is -2.86. The maximum absolute atomic E-state index is 12.5. The highest BCUT2D eigenvalue weighted by molar-refractivity contribution is 7.18.